The minimum atomic E-state index is -0.643. The number of benzene rings is 2. The van der Waals surface area contributed by atoms with Crippen LogP contribution < -0.4 is 19.8 Å². The van der Waals surface area contributed by atoms with E-state index in [1.165, 1.54) is 35.9 Å². The SMILES string of the molecule is CCOc1ccc(CCn2c(=O)cc(C(=O)OC)sc2=Nc2ccc(F)c(Cl)c2)cc1OCC. The molecule has 0 aliphatic heterocycles. The molecule has 180 valence electrons. The minimum Gasteiger partial charge on any atom is -0.490 e. The molecular weight excluding hydrogens is 483 g/mol. The summed E-state index contributed by atoms with van der Waals surface area (Å²) in [6.45, 7) is 5.07. The lowest BCUT2D eigenvalue weighted by Gasteiger charge is -2.13. The van der Waals surface area contributed by atoms with Gasteiger partial charge in [-0.15, -0.1) is 0 Å². The van der Waals surface area contributed by atoms with Crippen molar-refractivity contribution in [3.63, 3.8) is 0 Å². The van der Waals surface area contributed by atoms with Crippen LogP contribution >= 0.6 is 22.9 Å². The first kappa shape index (κ1) is 25.5. The third-order valence-corrected chi connectivity index (χ3v) is 5.99. The van der Waals surface area contributed by atoms with Crippen molar-refractivity contribution in [2.45, 2.75) is 26.8 Å². The number of nitrogens with zero attached hydrogens (tertiary/aromatic N) is 2. The van der Waals surface area contributed by atoms with Gasteiger partial charge in [0.2, 0.25) is 0 Å². The van der Waals surface area contributed by atoms with Gasteiger partial charge in [0.1, 0.15) is 10.7 Å². The normalized spacial score (nSPS) is 11.4. The van der Waals surface area contributed by atoms with Crippen molar-refractivity contribution in [1.82, 2.24) is 4.57 Å². The summed E-state index contributed by atoms with van der Waals surface area (Å²) in [5.74, 6) is 0.0593. The zero-order valence-electron chi connectivity index (χ0n) is 19.0. The van der Waals surface area contributed by atoms with Crippen LogP contribution in [-0.2, 0) is 17.7 Å². The number of hydrogen-bond acceptors (Lipinski definition) is 7. The number of aromatic nitrogens is 1. The molecule has 1 heterocycles. The molecule has 1 aromatic heterocycles. The van der Waals surface area contributed by atoms with Crippen LogP contribution in [0.1, 0.15) is 29.1 Å². The number of methoxy groups -OCH3 is 1. The highest BCUT2D eigenvalue weighted by atomic mass is 35.5. The van der Waals surface area contributed by atoms with Gasteiger partial charge in [0.15, 0.2) is 16.3 Å². The van der Waals surface area contributed by atoms with Crippen LogP contribution in [0.3, 0.4) is 0 Å². The predicted octanol–water partition coefficient (Wildman–Crippen LogP) is 4.76. The lowest BCUT2D eigenvalue weighted by molar-refractivity contribution is 0.0605. The summed E-state index contributed by atoms with van der Waals surface area (Å²) in [5.41, 5.74) is 0.858. The van der Waals surface area contributed by atoms with Crippen molar-refractivity contribution in [2.24, 2.45) is 4.99 Å². The zero-order valence-corrected chi connectivity index (χ0v) is 20.5. The van der Waals surface area contributed by atoms with E-state index in [1.54, 1.807) is 0 Å². The average Bonchev–Trinajstić information content (AvgIpc) is 2.82. The molecule has 0 amide bonds. The summed E-state index contributed by atoms with van der Waals surface area (Å²) in [4.78, 5) is 29.8. The molecule has 0 aliphatic carbocycles. The largest absolute Gasteiger partial charge is 0.490 e. The number of rotatable bonds is 9. The van der Waals surface area contributed by atoms with Gasteiger partial charge < -0.3 is 14.2 Å². The number of hydrogen-bond donors (Lipinski definition) is 0. The Balaban J connectivity index is 2.01. The van der Waals surface area contributed by atoms with Crippen LogP contribution in [0.4, 0.5) is 10.1 Å². The first-order chi connectivity index (χ1) is 16.4. The molecule has 2 aromatic carbocycles. The van der Waals surface area contributed by atoms with Crippen LogP contribution in [0.15, 0.2) is 52.3 Å². The Morgan fingerprint density at radius 1 is 1.09 bits per heavy atom. The van der Waals surface area contributed by atoms with E-state index in [0.717, 1.165) is 16.9 Å². The number of halogens is 2. The third-order valence-electron chi connectivity index (χ3n) is 4.70. The van der Waals surface area contributed by atoms with E-state index >= 15 is 0 Å². The van der Waals surface area contributed by atoms with Crippen LogP contribution in [0, 0.1) is 5.82 Å². The molecule has 3 aromatic rings. The van der Waals surface area contributed by atoms with Gasteiger partial charge >= 0.3 is 5.97 Å². The van der Waals surface area contributed by atoms with Gasteiger partial charge in [-0.1, -0.05) is 29.0 Å². The van der Waals surface area contributed by atoms with Gasteiger partial charge in [-0.3, -0.25) is 9.36 Å². The Morgan fingerprint density at radius 3 is 2.50 bits per heavy atom. The van der Waals surface area contributed by atoms with E-state index in [2.05, 4.69) is 4.99 Å². The molecule has 0 fully saturated rings. The zero-order chi connectivity index (χ0) is 24.7. The van der Waals surface area contributed by atoms with Gasteiger partial charge in [0.05, 0.1) is 31.0 Å². The number of carbonyl (C=O) groups is 1. The highest BCUT2D eigenvalue weighted by Crippen LogP contribution is 2.29. The van der Waals surface area contributed by atoms with Crippen LogP contribution in [0.5, 0.6) is 11.5 Å². The second kappa shape index (κ2) is 11.8. The molecule has 0 atom stereocenters. The van der Waals surface area contributed by atoms with Gasteiger partial charge in [0, 0.05) is 12.6 Å². The Labute approximate surface area is 205 Å². The van der Waals surface area contributed by atoms with Crippen molar-refractivity contribution < 1.29 is 23.4 Å². The molecule has 0 aliphatic rings. The number of ether oxygens (including phenoxy) is 3. The fourth-order valence-corrected chi connectivity index (χ4v) is 4.25. The number of aryl methyl sites for hydroxylation is 1. The van der Waals surface area contributed by atoms with Gasteiger partial charge in [0.25, 0.3) is 5.56 Å². The molecule has 10 heteroatoms. The summed E-state index contributed by atoms with van der Waals surface area (Å²) in [7, 11) is 1.24. The Morgan fingerprint density at radius 2 is 1.82 bits per heavy atom. The molecule has 0 spiro atoms. The van der Waals surface area contributed by atoms with Gasteiger partial charge in [-0.25, -0.2) is 14.2 Å². The van der Waals surface area contributed by atoms with E-state index in [4.69, 9.17) is 25.8 Å². The maximum absolute atomic E-state index is 13.6. The fourth-order valence-electron chi connectivity index (χ4n) is 3.11. The molecule has 3 rings (SSSR count). The Hall–Kier alpha value is -3.17. The molecule has 0 radical (unpaired) electrons. The molecule has 0 saturated carbocycles. The van der Waals surface area contributed by atoms with Crippen LogP contribution in [0.2, 0.25) is 5.02 Å². The monoisotopic (exact) mass is 506 g/mol. The number of esters is 1. The topological polar surface area (TPSA) is 79.1 Å². The van der Waals surface area contributed by atoms with Crippen LogP contribution in [0.25, 0.3) is 0 Å². The first-order valence-electron chi connectivity index (χ1n) is 10.6. The van der Waals surface area contributed by atoms with E-state index in [1.807, 2.05) is 32.0 Å². The molecule has 0 N–H and O–H groups in total. The van der Waals surface area contributed by atoms with E-state index in [9.17, 15) is 14.0 Å². The summed E-state index contributed by atoms with van der Waals surface area (Å²) in [5, 5.41) is -0.0953. The molecule has 0 bridgehead atoms. The lowest BCUT2D eigenvalue weighted by atomic mass is 10.1. The Kier molecular flexibility index (Phi) is 8.84. The average molecular weight is 507 g/mol. The quantitative estimate of drug-likeness (QED) is 0.391. The second-order valence-corrected chi connectivity index (χ2v) is 8.40. The van der Waals surface area contributed by atoms with Crippen molar-refractivity contribution in [1.29, 1.82) is 0 Å². The Bertz CT molecular complexity index is 1310. The molecule has 0 unspecified atom stereocenters. The van der Waals surface area contributed by atoms with E-state index in [0.29, 0.717) is 36.8 Å². The van der Waals surface area contributed by atoms with Gasteiger partial charge in [-0.2, -0.15) is 0 Å². The van der Waals surface area contributed by atoms with E-state index in [-0.39, 0.29) is 21.2 Å². The number of carbonyl (C=O) groups excluding carboxylic acids is 1. The first-order valence-corrected chi connectivity index (χ1v) is 11.8. The molecular formula is C24H24ClFN2O5S. The maximum atomic E-state index is 13.6. The third kappa shape index (κ3) is 6.24. The summed E-state index contributed by atoms with van der Waals surface area (Å²) >= 11 is 6.87. The van der Waals surface area contributed by atoms with Crippen molar-refractivity contribution in [3.8, 4) is 11.5 Å². The minimum absolute atomic E-state index is 0.0953. The standard InChI is InChI=1S/C24H24ClFN2O5S/c1-4-32-19-9-6-15(12-20(19)33-5-2)10-11-28-22(29)14-21(23(30)31-3)34-24(28)27-16-7-8-18(26)17(25)13-16/h6-9,12-14H,4-5,10-11H2,1-3H3. The van der Waals surface area contributed by atoms with Crippen molar-refractivity contribution in [3.05, 3.63) is 78.9 Å². The van der Waals surface area contributed by atoms with Crippen molar-refractivity contribution >= 4 is 34.6 Å². The fraction of sp³-hybridized carbons (Fsp3) is 0.292. The maximum Gasteiger partial charge on any atom is 0.348 e. The highest BCUT2D eigenvalue weighted by molar-refractivity contribution is 7.11. The summed E-state index contributed by atoms with van der Waals surface area (Å²) in [6, 6.07) is 10.8. The smallest absolute Gasteiger partial charge is 0.348 e. The molecule has 0 saturated heterocycles. The molecule has 7 nitrogen and oxygen atoms in total. The summed E-state index contributed by atoms with van der Waals surface area (Å²) in [6.07, 6.45) is 0.489. The summed E-state index contributed by atoms with van der Waals surface area (Å²) < 4.78 is 31.0. The molecule has 34 heavy (non-hydrogen) atoms. The van der Waals surface area contributed by atoms with Gasteiger partial charge in [-0.05, 0) is 56.2 Å². The lowest BCUT2D eigenvalue weighted by Crippen LogP contribution is -2.33. The van der Waals surface area contributed by atoms with Crippen LogP contribution in [-0.4, -0.2) is 30.9 Å². The predicted molar refractivity (Wildman–Crippen MR) is 129 cm³/mol. The van der Waals surface area contributed by atoms with Crippen molar-refractivity contribution in [2.75, 3.05) is 20.3 Å². The second-order valence-electron chi connectivity index (χ2n) is 6.98. The van der Waals surface area contributed by atoms with E-state index < -0.39 is 17.3 Å². The highest BCUT2D eigenvalue weighted by Gasteiger charge is 2.13.